The van der Waals surface area contributed by atoms with Gasteiger partial charge in [0, 0.05) is 24.2 Å². The molecule has 24 heavy (non-hydrogen) atoms. The van der Waals surface area contributed by atoms with Crippen LogP contribution in [0.15, 0.2) is 55.0 Å². The molecule has 0 amide bonds. The number of para-hydroxylation sites is 1. The lowest BCUT2D eigenvalue weighted by molar-refractivity contribution is -0.143. The number of unbranched alkanes of at least 4 members (excludes halogenated alkanes) is 1. The van der Waals surface area contributed by atoms with Gasteiger partial charge in [0.2, 0.25) is 0 Å². The highest BCUT2D eigenvalue weighted by Gasteiger charge is 2.10. The fourth-order valence-electron chi connectivity index (χ4n) is 2.98. The molecule has 0 aliphatic heterocycles. The van der Waals surface area contributed by atoms with E-state index < -0.39 is 0 Å². The highest BCUT2D eigenvalue weighted by Crippen LogP contribution is 2.26. The monoisotopic (exact) mass is 322 g/mol. The average molecular weight is 322 g/mol. The number of carbonyl (C=O) groups is 1. The Bertz CT molecular complexity index is 809. The number of nitrogens with zero attached hydrogens (tertiary/aromatic N) is 2. The summed E-state index contributed by atoms with van der Waals surface area (Å²) in [6.07, 6.45) is 9.11. The quantitative estimate of drug-likeness (QED) is 0.481. The van der Waals surface area contributed by atoms with E-state index in [1.54, 1.807) is 6.20 Å². The standard InChI is InChI=1S/C20H22N2O2/c1-2-24-20(23)12-6-3-8-16-15-22(17-9-7-13-21-14-17)19-11-5-4-10-18(16)19/h4-5,7,9-11,13-15H,2-3,6,8,12H2,1H3. The van der Waals surface area contributed by atoms with Gasteiger partial charge < -0.3 is 9.30 Å². The number of esters is 1. The van der Waals surface area contributed by atoms with Crippen molar-refractivity contribution >= 4 is 16.9 Å². The summed E-state index contributed by atoms with van der Waals surface area (Å²) >= 11 is 0. The molecule has 0 unspecified atom stereocenters. The van der Waals surface area contributed by atoms with E-state index in [1.807, 2.05) is 19.2 Å². The molecular formula is C20H22N2O2. The summed E-state index contributed by atoms with van der Waals surface area (Å²) in [7, 11) is 0. The molecule has 0 aliphatic rings. The molecule has 0 aliphatic carbocycles. The van der Waals surface area contributed by atoms with Crippen molar-refractivity contribution < 1.29 is 9.53 Å². The van der Waals surface area contributed by atoms with Crippen molar-refractivity contribution in [3.05, 3.63) is 60.6 Å². The number of carbonyl (C=O) groups excluding carboxylic acids is 1. The lowest BCUT2D eigenvalue weighted by Crippen LogP contribution is -2.03. The second kappa shape index (κ2) is 7.77. The third-order valence-electron chi connectivity index (χ3n) is 4.10. The Kier molecular flexibility index (Phi) is 5.26. The first kappa shape index (κ1) is 16.2. The Balaban J connectivity index is 1.76. The molecule has 0 atom stereocenters. The van der Waals surface area contributed by atoms with Gasteiger partial charge in [-0.05, 0) is 49.9 Å². The van der Waals surface area contributed by atoms with E-state index >= 15 is 0 Å². The summed E-state index contributed by atoms with van der Waals surface area (Å²) in [6, 6.07) is 12.4. The predicted octanol–water partition coefficient (Wildman–Crippen LogP) is 4.30. The normalized spacial score (nSPS) is 10.9. The molecule has 3 rings (SSSR count). The van der Waals surface area contributed by atoms with E-state index in [4.69, 9.17) is 4.74 Å². The number of hydrogen-bond acceptors (Lipinski definition) is 3. The number of hydrogen-bond donors (Lipinski definition) is 0. The topological polar surface area (TPSA) is 44.1 Å². The fraction of sp³-hybridized carbons (Fsp3) is 0.300. The van der Waals surface area contributed by atoms with Crippen LogP contribution in [-0.4, -0.2) is 22.1 Å². The Morgan fingerprint density at radius 1 is 1.17 bits per heavy atom. The molecule has 0 saturated carbocycles. The zero-order valence-corrected chi connectivity index (χ0v) is 13.9. The molecule has 2 aromatic heterocycles. The summed E-state index contributed by atoms with van der Waals surface area (Å²) in [5.41, 5.74) is 3.55. The third kappa shape index (κ3) is 3.65. The number of rotatable bonds is 7. The van der Waals surface area contributed by atoms with Gasteiger partial charge in [-0.3, -0.25) is 9.78 Å². The van der Waals surface area contributed by atoms with E-state index in [9.17, 15) is 4.79 Å². The van der Waals surface area contributed by atoms with Crippen molar-refractivity contribution in [3.8, 4) is 5.69 Å². The maximum atomic E-state index is 11.4. The first-order valence-corrected chi connectivity index (χ1v) is 8.44. The van der Waals surface area contributed by atoms with E-state index in [0.29, 0.717) is 13.0 Å². The summed E-state index contributed by atoms with van der Waals surface area (Å²) < 4.78 is 7.16. The maximum absolute atomic E-state index is 11.4. The van der Waals surface area contributed by atoms with Gasteiger partial charge in [-0.25, -0.2) is 0 Å². The minimum absolute atomic E-state index is 0.102. The lowest BCUT2D eigenvalue weighted by atomic mass is 10.1. The summed E-state index contributed by atoms with van der Waals surface area (Å²) in [5.74, 6) is -0.102. The molecule has 0 N–H and O–H groups in total. The largest absolute Gasteiger partial charge is 0.466 e. The van der Waals surface area contributed by atoms with Crippen LogP contribution in [0.4, 0.5) is 0 Å². The van der Waals surface area contributed by atoms with Gasteiger partial charge in [0.05, 0.1) is 24.0 Å². The highest BCUT2D eigenvalue weighted by atomic mass is 16.5. The van der Waals surface area contributed by atoms with Crippen LogP contribution in [-0.2, 0) is 16.0 Å². The third-order valence-corrected chi connectivity index (χ3v) is 4.10. The smallest absolute Gasteiger partial charge is 0.305 e. The van der Waals surface area contributed by atoms with Gasteiger partial charge in [-0.15, -0.1) is 0 Å². The van der Waals surface area contributed by atoms with Gasteiger partial charge in [-0.2, -0.15) is 0 Å². The molecule has 1 aromatic carbocycles. The summed E-state index contributed by atoms with van der Waals surface area (Å²) in [6.45, 7) is 2.29. The number of fused-ring (bicyclic) bond motifs is 1. The highest BCUT2D eigenvalue weighted by molar-refractivity contribution is 5.85. The molecule has 3 aromatic rings. The number of benzene rings is 1. The van der Waals surface area contributed by atoms with Crippen LogP contribution in [0.2, 0.25) is 0 Å². The number of aryl methyl sites for hydroxylation is 1. The minimum atomic E-state index is -0.102. The number of aromatic nitrogens is 2. The van der Waals surface area contributed by atoms with E-state index in [1.165, 1.54) is 16.5 Å². The van der Waals surface area contributed by atoms with Crippen LogP contribution < -0.4 is 0 Å². The molecule has 0 bridgehead atoms. The molecule has 2 heterocycles. The van der Waals surface area contributed by atoms with Gasteiger partial charge in [-0.1, -0.05) is 18.2 Å². The van der Waals surface area contributed by atoms with Crippen LogP contribution in [0.25, 0.3) is 16.6 Å². The Morgan fingerprint density at radius 2 is 2.04 bits per heavy atom. The van der Waals surface area contributed by atoms with E-state index in [2.05, 4.69) is 46.1 Å². The van der Waals surface area contributed by atoms with Crippen molar-refractivity contribution in [2.75, 3.05) is 6.61 Å². The van der Waals surface area contributed by atoms with Crippen molar-refractivity contribution in [1.29, 1.82) is 0 Å². The lowest BCUT2D eigenvalue weighted by Gasteiger charge is -2.03. The Hall–Kier alpha value is -2.62. The van der Waals surface area contributed by atoms with E-state index in [0.717, 1.165) is 24.9 Å². The average Bonchev–Trinajstić information content (AvgIpc) is 2.99. The van der Waals surface area contributed by atoms with Crippen LogP contribution in [0, 0.1) is 0 Å². The van der Waals surface area contributed by atoms with Crippen molar-refractivity contribution in [3.63, 3.8) is 0 Å². The summed E-state index contributed by atoms with van der Waals surface area (Å²) in [5, 5.41) is 1.26. The van der Waals surface area contributed by atoms with Gasteiger partial charge in [0.1, 0.15) is 0 Å². The molecule has 4 heteroatoms. The van der Waals surface area contributed by atoms with Crippen LogP contribution in [0.1, 0.15) is 31.7 Å². The molecule has 4 nitrogen and oxygen atoms in total. The number of ether oxygens (including phenoxy) is 1. The zero-order valence-electron chi connectivity index (χ0n) is 13.9. The fourth-order valence-corrected chi connectivity index (χ4v) is 2.98. The maximum Gasteiger partial charge on any atom is 0.305 e. The minimum Gasteiger partial charge on any atom is -0.466 e. The van der Waals surface area contributed by atoms with Crippen LogP contribution in [0.5, 0.6) is 0 Å². The Labute approximate surface area is 142 Å². The molecule has 0 saturated heterocycles. The van der Waals surface area contributed by atoms with Crippen molar-refractivity contribution in [1.82, 2.24) is 9.55 Å². The van der Waals surface area contributed by atoms with Crippen LogP contribution >= 0.6 is 0 Å². The first-order chi connectivity index (χ1) is 11.8. The second-order valence-corrected chi connectivity index (χ2v) is 5.76. The molecule has 124 valence electrons. The Morgan fingerprint density at radius 3 is 2.83 bits per heavy atom. The zero-order chi connectivity index (χ0) is 16.8. The SMILES string of the molecule is CCOC(=O)CCCCc1cn(-c2cccnc2)c2ccccc12. The predicted molar refractivity (Wildman–Crippen MR) is 95.3 cm³/mol. The van der Waals surface area contributed by atoms with E-state index in [-0.39, 0.29) is 5.97 Å². The van der Waals surface area contributed by atoms with Gasteiger partial charge >= 0.3 is 5.97 Å². The van der Waals surface area contributed by atoms with Crippen molar-refractivity contribution in [2.45, 2.75) is 32.6 Å². The second-order valence-electron chi connectivity index (χ2n) is 5.76. The van der Waals surface area contributed by atoms with Gasteiger partial charge in [0.25, 0.3) is 0 Å². The molecule has 0 spiro atoms. The first-order valence-electron chi connectivity index (χ1n) is 8.44. The van der Waals surface area contributed by atoms with Crippen molar-refractivity contribution in [2.24, 2.45) is 0 Å². The summed E-state index contributed by atoms with van der Waals surface area (Å²) in [4.78, 5) is 15.6. The number of pyridine rings is 1. The molecule has 0 radical (unpaired) electrons. The van der Waals surface area contributed by atoms with Gasteiger partial charge in [0.15, 0.2) is 0 Å². The molecular weight excluding hydrogens is 300 g/mol. The molecule has 0 fully saturated rings. The van der Waals surface area contributed by atoms with Crippen LogP contribution in [0.3, 0.4) is 0 Å².